The summed E-state index contributed by atoms with van der Waals surface area (Å²) in [6, 6.07) is 15.7. The molecule has 0 fully saturated rings. The zero-order valence-electron chi connectivity index (χ0n) is 17.5. The second kappa shape index (κ2) is 9.26. The number of carbonyl (C=O) groups is 1. The fraction of sp³-hybridized carbons (Fsp3) is 0.261. The van der Waals surface area contributed by atoms with E-state index in [0.29, 0.717) is 23.7 Å². The molecule has 7 nitrogen and oxygen atoms in total. The van der Waals surface area contributed by atoms with Crippen molar-refractivity contribution in [2.24, 2.45) is 0 Å². The highest BCUT2D eigenvalue weighted by Crippen LogP contribution is 2.28. The first-order valence-electron chi connectivity index (χ1n) is 9.58. The number of aryl methyl sites for hydroxylation is 1. The third-order valence-electron chi connectivity index (χ3n) is 4.80. The highest BCUT2D eigenvalue weighted by molar-refractivity contribution is 5.79. The number of amides is 1. The maximum absolute atomic E-state index is 12.7. The van der Waals surface area contributed by atoms with Gasteiger partial charge in [-0.3, -0.25) is 9.59 Å². The smallest absolute Gasteiger partial charge is 0.271 e. The van der Waals surface area contributed by atoms with Crippen molar-refractivity contribution < 1.29 is 14.3 Å². The van der Waals surface area contributed by atoms with Crippen LogP contribution in [0.1, 0.15) is 24.1 Å². The number of methoxy groups -OCH3 is 2. The first kappa shape index (κ1) is 21.1. The van der Waals surface area contributed by atoms with Gasteiger partial charge in [0.15, 0.2) is 5.75 Å². The number of ether oxygens (including phenoxy) is 2. The number of rotatable bonds is 7. The van der Waals surface area contributed by atoms with E-state index < -0.39 is 11.6 Å². The molecule has 0 saturated heterocycles. The standard InChI is InChI=1S/C23H25N3O4/c1-15-6-5-7-17(12-15)14-24-23(28)16(2)26-21(27)13-20(30-4)22(25-26)18-8-10-19(29-3)11-9-18/h5-13,16H,14H2,1-4H3,(H,24,28)/t16-/m1/s1. The van der Waals surface area contributed by atoms with Gasteiger partial charge in [0.05, 0.1) is 14.2 Å². The Labute approximate surface area is 175 Å². The van der Waals surface area contributed by atoms with E-state index in [1.54, 1.807) is 26.2 Å². The molecule has 1 atom stereocenters. The van der Waals surface area contributed by atoms with Crippen molar-refractivity contribution in [2.75, 3.05) is 14.2 Å². The SMILES string of the molecule is COc1ccc(-c2nn([C@H](C)C(=O)NCc3cccc(C)c3)c(=O)cc2OC)cc1. The predicted octanol–water partition coefficient (Wildman–Crippen LogP) is 3.11. The van der Waals surface area contributed by atoms with E-state index in [4.69, 9.17) is 9.47 Å². The fourth-order valence-corrected chi connectivity index (χ4v) is 3.10. The van der Waals surface area contributed by atoms with Crippen molar-refractivity contribution in [3.05, 3.63) is 76.1 Å². The largest absolute Gasteiger partial charge is 0.497 e. The Kier molecular flexibility index (Phi) is 6.51. The van der Waals surface area contributed by atoms with Gasteiger partial charge in [-0.05, 0) is 43.7 Å². The van der Waals surface area contributed by atoms with E-state index in [-0.39, 0.29) is 5.91 Å². The normalized spacial score (nSPS) is 11.6. The number of hydrogen-bond donors (Lipinski definition) is 1. The molecule has 156 valence electrons. The van der Waals surface area contributed by atoms with Crippen molar-refractivity contribution in [3.63, 3.8) is 0 Å². The maximum Gasteiger partial charge on any atom is 0.271 e. The average molecular weight is 407 g/mol. The van der Waals surface area contributed by atoms with E-state index in [9.17, 15) is 9.59 Å². The minimum atomic E-state index is -0.787. The Morgan fingerprint density at radius 2 is 1.83 bits per heavy atom. The van der Waals surface area contributed by atoms with Gasteiger partial charge in [-0.15, -0.1) is 0 Å². The summed E-state index contributed by atoms with van der Waals surface area (Å²) >= 11 is 0. The molecular weight excluding hydrogens is 382 g/mol. The summed E-state index contributed by atoms with van der Waals surface area (Å²) in [6.07, 6.45) is 0. The minimum absolute atomic E-state index is 0.294. The van der Waals surface area contributed by atoms with Crippen LogP contribution in [0.5, 0.6) is 11.5 Å². The lowest BCUT2D eigenvalue weighted by Crippen LogP contribution is -2.37. The van der Waals surface area contributed by atoms with Gasteiger partial charge in [-0.2, -0.15) is 5.10 Å². The quantitative estimate of drug-likeness (QED) is 0.651. The van der Waals surface area contributed by atoms with Crippen LogP contribution in [0.4, 0.5) is 0 Å². The van der Waals surface area contributed by atoms with Gasteiger partial charge in [0.25, 0.3) is 5.56 Å². The van der Waals surface area contributed by atoms with Crippen molar-refractivity contribution in [3.8, 4) is 22.8 Å². The first-order valence-corrected chi connectivity index (χ1v) is 9.58. The first-order chi connectivity index (χ1) is 14.4. The summed E-state index contributed by atoms with van der Waals surface area (Å²) in [4.78, 5) is 25.2. The van der Waals surface area contributed by atoms with Crippen LogP contribution in [0.15, 0.2) is 59.4 Å². The molecule has 0 aliphatic heterocycles. The molecule has 0 bridgehead atoms. The molecule has 7 heteroatoms. The van der Waals surface area contributed by atoms with E-state index >= 15 is 0 Å². The van der Waals surface area contributed by atoms with Gasteiger partial charge in [0.1, 0.15) is 17.5 Å². The summed E-state index contributed by atoms with van der Waals surface area (Å²) < 4.78 is 11.7. The number of nitrogens with zero attached hydrogens (tertiary/aromatic N) is 2. The summed E-state index contributed by atoms with van der Waals surface area (Å²) in [5.41, 5.74) is 2.91. The molecular formula is C23H25N3O4. The summed E-state index contributed by atoms with van der Waals surface area (Å²) in [5, 5.41) is 7.30. The van der Waals surface area contributed by atoms with Gasteiger partial charge >= 0.3 is 0 Å². The number of benzene rings is 2. The van der Waals surface area contributed by atoms with E-state index in [1.165, 1.54) is 17.9 Å². The Bertz CT molecular complexity index is 1090. The van der Waals surface area contributed by atoms with E-state index in [0.717, 1.165) is 16.7 Å². The van der Waals surface area contributed by atoms with E-state index in [2.05, 4.69) is 10.4 Å². The van der Waals surface area contributed by atoms with Crippen LogP contribution in [0.3, 0.4) is 0 Å². The van der Waals surface area contributed by atoms with Gasteiger partial charge in [0.2, 0.25) is 5.91 Å². The van der Waals surface area contributed by atoms with Gasteiger partial charge < -0.3 is 14.8 Å². The molecule has 0 saturated carbocycles. The molecule has 0 radical (unpaired) electrons. The molecule has 1 heterocycles. The summed E-state index contributed by atoms with van der Waals surface area (Å²) in [6.45, 7) is 4.01. The van der Waals surface area contributed by atoms with Gasteiger partial charge in [-0.1, -0.05) is 29.8 Å². The molecule has 0 aliphatic carbocycles. The lowest BCUT2D eigenvalue weighted by molar-refractivity contribution is -0.124. The Balaban J connectivity index is 1.86. The molecule has 1 aromatic heterocycles. The van der Waals surface area contributed by atoms with Crippen LogP contribution in [-0.2, 0) is 11.3 Å². The molecule has 0 unspecified atom stereocenters. The second-order valence-corrected chi connectivity index (χ2v) is 6.96. The summed E-state index contributed by atoms with van der Waals surface area (Å²) in [5.74, 6) is 0.751. The van der Waals surface area contributed by atoms with Crippen molar-refractivity contribution in [2.45, 2.75) is 26.4 Å². The zero-order chi connectivity index (χ0) is 21.7. The molecule has 30 heavy (non-hydrogen) atoms. The molecule has 0 spiro atoms. The van der Waals surface area contributed by atoms with Gasteiger partial charge in [-0.25, -0.2) is 4.68 Å². The Morgan fingerprint density at radius 1 is 1.10 bits per heavy atom. The molecule has 3 rings (SSSR count). The molecule has 3 aromatic rings. The molecule has 2 aromatic carbocycles. The molecule has 1 amide bonds. The summed E-state index contributed by atoms with van der Waals surface area (Å²) in [7, 11) is 3.07. The topological polar surface area (TPSA) is 82.5 Å². The lowest BCUT2D eigenvalue weighted by atomic mass is 10.1. The van der Waals surface area contributed by atoms with E-state index in [1.807, 2.05) is 43.3 Å². The highest BCUT2D eigenvalue weighted by atomic mass is 16.5. The number of nitrogens with one attached hydrogen (secondary N) is 1. The fourth-order valence-electron chi connectivity index (χ4n) is 3.10. The monoisotopic (exact) mass is 407 g/mol. The lowest BCUT2D eigenvalue weighted by Gasteiger charge is -2.17. The molecule has 1 N–H and O–H groups in total. The predicted molar refractivity (Wildman–Crippen MR) is 115 cm³/mol. The van der Waals surface area contributed by atoms with Crippen molar-refractivity contribution in [1.29, 1.82) is 0 Å². The second-order valence-electron chi connectivity index (χ2n) is 6.96. The third-order valence-corrected chi connectivity index (χ3v) is 4.80. The van der Waals surface area contributed by atoms with Crippen molar-refractivity contribution in [1.82, 2.24) is 15.1 Å². The number of carbonyl (C=O) groups excluding carboxylic acids is 1. The third kappa shape index (κ3) is 4.68. The van der Waals surface area contributed by atoms with Crippen LogP contribution in [-0.4, -0.2) is 29.9 Å². The minimum Gasteiger partial charge on any atom is -0.497 e. The number of aromatic nitrogens is 2. The molecule has 0 aliphatic rings. The Hall–Kier alpha value is -3.61. The van der Waals surface area contributed by atoms with Crippen LogP contribution in [0.25, 0.3) is 11.3 Å². The maximum atomic E-state index is 12.7. The van der Waals surface area contributed by atoms with Crippen molar-refractivity contribution >= 4 is 5.91 Å². The zero-order valence-corrected chi connectivity index (χ0v) is 17.5. The number of hydrogen-bond acceptors (Lipinski definition) is 5. The van der Waals surface area contributed by atoms with Crippen LogP contribution < -0.4 is 20.3 Å². The average Bonchev–Trinajstić information content (AvgIpc) is 2.77. The Morgan fingerprint density at radius 3 is 2.47 bits per heavy atom. The van der Waals surface area contributed by atoms with Gasteiger partial charge in [0, 0.05) is 18.2 Å². The van der Waals surface area contributed by atoms with Crippen LogP contribution in [0.2, 0.25) is 0 Å². The van der Waals surface area contributed by atoms with Crippen LogP contribution >= 0.6 is 0 Å². The van der Waals surface area contributed by atoms with Crippen LogP contribution in [0, 0.1) is 6.92 Å². The highest BCUT2D eigenvalue weighted by Gasteiger charge is 2.20.